The smallest absolute Gasteiger partial charge is 0.262 e. The molecule has 0 saturated carbocycles. The summed E-state index contributed by atoms with van der Waals surface area (Å²) >= 11 is 6.29. The van der Waals surface area contributed by atoms with Crippen molar-refractivity contribution in [2.45, 2.75) is 17.1 Å². The van der Waals surface area contributed by atoms with Crippen LogP contribution in [0.15, 0.2) is 41.6 Å². The van der Waals surface area contributed by atoms with Crippen LogP contribution in [0.5, 0.6) is 0 Å². The average Bonchev–Trinajstić information content (AvgIpc) is 2.49. The second-order valence-electron chi connectivity index (χ2n) is 4.78. The normalized spacial score (nSPS) is 12.9. The number of alkyl halides is 3. The van der Waals surface area contributed by atoms with Gasteiger partial charge in [-0.3, -0.25) is 4.98 Å². The lowest BCUT2D eigenvalue weighted by Gasteiger charge is -2.29. The molecule has 0 aliphatic heterocycles. The molecule has 0 aliphatic rings. The first-order chi connectivity index (χ1) is 11.2. The van der Waals surface area contributed by atoms with Crippen LogP contribution in [0.2, 0.25) is 5.02 Å². The minimum absolute atomic E-state index is 0.231. The fraction of sp³-hybridized carbons (Fsp3) is 0.200. The second kappa shape index (κ2) is 7.38. The molecule has 0 N–H and O–H groups in total. The van der Waals surface area contributed by atoms with Gasteiger partial charge in [0, 0.05) is 17.3 Å². The SMILES string of the molecule is CN(Sc1cncc(C#N)c1)C(c1ccc(Cl)c(F)c1)C(F)(F)F. The maximum absolute atomic E-state index is 13.5. The van der Waals surface area contributed by atoms with Crippen LogP contribution in [0, 0.1) is 17.1 Å². The van der Waals surface area contributed by atoms with Gasteiger partial charge >= 0.3 is 6.18 Å². The van der Waals surface area contributed by atoms with E-state index in [-0.39, 0.29) is 16.1 Å². The van der Waals surface area contributed by atoms with Gasteiger partial charge in [0.15, 0.2) is 0 Å². The Bertz CT molecular complexity index is 776. The molecule has 1 aromatic heterocycles. The molecule has 0 radical (unpaired) electrons. The molecule has 24 heavy (non-hydrogen) atoms. The Morgan fingerprint density at radius 2 is 2.00 bits per heavy atom. The Morgan fingerprint density at radius 3 is 2.58 bits per heavy atom. The number of nitrogens with zero attached hydrogens (tertiary/aromatic N) is 3. The third-order valence-electron chi connectivity index (χ3n) is 3.02. The molecule has 1 unspecified atom stereocenters. The Kier molecular flexibility index (Phi) is 5.70. The highest BCUT2D eigenvalue weighted by Crippen LogP contribution is 2.42. The van der Waals surface area contributed by atoms with E-state index in [1.165, 1.54) is 25.5 Å². The van der Waals surface area contributed by atoms with Crippen LogP contribution in [0.4, 0.5) is 17.6 Å². The molecule has 9 heteroatoms. The topological polar surface area (TPSA) is 39.9 Å². The number of hydrogen-bond acceptors (Lipinski definition) is 4. The van der Waals surface area contributed by atoms with Crippen LogP contribution in [-0.4, -0.2) is 22.5 Å². The van der Waals surface area contributed by atoms with Crippen molar-refractivity contribution >= 4 is 23.5 Å². The number of rotatable bonds is 4. The Balaban J connectivity index is 2.33. The molecule has 1 aromatic carbocycles. The summed E-state index contributed by atoms with van der Waals surface area (Å²) in [6.45, 7) is 0. The lowest BCUT2D eigenvalue weighted by atomic mass is 10.1. The number of nitriles is 1. The van der Waals surface area contributed by atoms with Crippen LogP contribution >= 0.6 is 23.5 Å². The molecule has 126 valence electrons. The molecule has 1 atom stereocenters. The average molecular weight is 376 g/mol. The van der Waals surface area contributed by atoms with E-state index < -0.39 is 18.0 Å². The van der Waals surface area contributed by atoms with Crippen molar-refractivity contribution < 1.29 is 17.6 Å². The largest absolute Gasteiger partial charge is 0.408 e. The highest BCUT2D eigenvalue weighted by molar-refractivity contribution is 7.97. The fourth-order valence-corrected chi connectivity index (χ4v) is 3.12. The van der Waals surface area contributed by atoms with Gasteiger partial charge in [-0.25, -0.2) is 8.70 Å². The highest BCUT2D eigenvalue weighted by Gasteiger charge is 2.44. The molecule has 0 saturated heterocycles. The minimum atomic E-state index is -4.64. The van der Waals surface area contributed by atoms with E-state index in [4.69, 9.17) is 16.9 Å². The Labute approximate surface area is 145 Å². The molecule has 0 spiro atoms. The highest BCUT2D eigenvalue weighted by atomic mass is 35.5. The summed E-state index contributed by atoms with van der Waals surface area (Å²) in [5.41, 5.74) is -0.0432. The molecule has 1 heterocycles. The van der Waals surface area contributed by atoms with Crippen LogP contribution < -0.4 is 0 Å². The van der Waals surface area contributed by atoms with Gasteiger partial charge in [0.1, 0.15) is 17.9 Å². The Morgan fingerprint density at radius 1 is 1.29 bits per heavy atom. The van der Waals surface area contributed by atoms with Crippen LogP contribution in [-0.2, 0) is 0 Å². The number of hydrogen-bond donors (Lipinski definition) is 0. The molecule has 2 rings (SSSR count). The zero-order chi connectivity index (χ0) is 17.9. The van der Waals surface area contributed by atoms with Crippen LogP contribution in [0.1, 0.15) is 17.2 Å². The van der Waals surface area contributed by atoms with E-state index in [9.17, 15) is 17.6 Å². The first-order valence-corrected chi connectivity index (χ1v) is 7.65. The van der Waals surface area contributed by atoms with E-state index in [2.05, 4.69) is 4.98 Å². The van der Waals surface area contributed by atoms with E-state index in [0.29, 0.717) is 4.90 Å². The summed E-state index contributed by atoms with van der Waals surface area (Å²) in [7, 11) is 1.23. The van der Waals surface area contributed by atoms with E-state index in [1.807, 2.05) is 6.07 Å². The van der Waals surface area contributed by atoms with Crippen molar-refractivity contribution in [2.75, 3.05) is 7.05 Å². The predicted molar refractivity (Wildman–Crippen MR) is 82.8 cm³/mol. The number of aromatic nitrogens is 1. The standard InChI is InChI=1S/C15H10ClF4N3S/c1-23(24-11-4-9(6-21)7-22-8-11)14(15(18,19)20)10-2-3-12(16)13(17)5-10/h2-5,7-8,14H,1H3. The number of halogens is 5. The minimum Gasteiger partial charge on any atom is -0.262 e. The van der Waals surface area contributed by atoms with Crippen molar-refractivity contribution in [1.29, 1.82) is 5.26 Å². The maximum atomic E-state index is 13.5. The number of benzene rings is 1. The van der Waals surface area contributed by atoms with Crippen LogP contribution in [0.3, 0.4) is 0 Å². The van der Waals surface area contributed by atoms with Gasteiger partial charge < -0.3 is 0 Å². The molecule has 0 fully saturated rings. The second-order valence-corrected chi connectivity index (χ2v) is 6.41. The molecular formula is C15H10ClF4N3S. The molecule has 2 aromatic rings. The maximum Gasteiger partial charge on any atom is 0.408 e. The number of pyridine rings is 1. The molecular weight excluding hydrogens is 366 g/mol. The van der Waals surface area contributed by atoms with Gasteiger partial charge in [-0.1, -0.05) is 17.7 Å². The third kappa shape index (κ3) is 4.38. The first-order valence-electron chi connectivity index (χ1n) is 6.50. The first kappa shape index (κ1) is 18.5. The van der Waals surface area contributed by atoms with Gasteiger partial charge in [0.2, 0.25) is 0 Å². The zero-order valence-electron chi connectivity index (χ0n) is 12.2. The summed E-state index contributed by atoms with van der Waals surface area (Å²) in [5.74, 6) is -0.921. The summed E-state index contributed by atoms with van der Waals surface area (Å²) in [6, 6.07) is 4.21. The molecule has 0 aliphatic carbocycles. The van der Waals surface area contributed by atoms with Crippen molar-refractivity contribution in [3.05, 3.63) is 58.6 Å². The summed E-state index contributed by atoms with van der Waals surface area (Å²) in [5, 5.41) is 8.57. The lowest BCUT2D eigenvalue weighted by molar-refractivity contribution is -0.169. The van der Waals surface area contributed by atoms with E-state index >= 15 is 0 Å². The summed E-state index contributed by atoms with van der Waals surface area (Å²) < 4.78 is 54.9. The van der Waals surface area contributed by atoms with Crippen molar-refractivity contribution in [1.82, 2.24) is 9.29 Å². The summed E-state index contributed by atoms with van der Waals surface area (Å²) in [6.07, 6.45) is -1.99. The molecule has 0 amide bonds. The van der Waals surface area contributed by atoms with E-state index in [1.54, 1.807) is 0 Å². The van der Waals surface area contributed by atoms with Crippen LogP contribution in [0.25, 0.3) is 0 Å². The Hall–Kier alpha value is -1.82. The molecule has 3 nitrogen and oxygen atoms in total. The third-order valence-corrected chi connectivity index (χ3v) is 4.26. The summed E-state index contributed by atoms with van der Waals surface area (Å²) in [4.78, 5) is 4.16. The van der Waals surface area contributed by atoms with Crippen molar-refractivity contribution in [3.63, 3.8) is 0 Å². The van der Waals surface area contributed by atoms with Gasteiger partial charge in [-0.2, -0.15) is 18.4 Å². The quantitative estimate of drug-likeness (QED) is 0.557. The van der Waals surface area contributed by atoms with Gasteiger partial charge in [0.05, 0.1) is 10.6 Å². The zero-order valence-corrected chi connectivity index (χ0v) is 13.8. The van der Waals surface area contributed by atoms with E-state index in [0.717, 1.165) is 34.5 Å². The fourth-order valence-electron chi connectivity index (χ4n) is 2.04. The predicted octanol–water partition coefficient (Wildman–Crippen LogP) is 4.99. The monoisotopic (exact) mass is 375 g/mol. The lowest BCUT2D eigenvalue weighted by Crippen LogP contribution is -2.32. The van der Waals surface area contributed by atoms with Crippen molar-refractivity contribution in [3.8, 4) is 6.07 Å². The van der Waals surface area contributed by atoms with Gasteiger partial charge in [0.25, 0.3) is 0 Å². The van der Waals surface area contributed by atoms with Crippen molar-refractivity contribution in [2.24, 2.45) is 0 Å². The van der Waals surface area contributed by atoms with Gasteiger partial charge in [-0.15, -0.1) is 0 Å². The molecule has 0 bridgehead atoms. The van der Waals surface area contributed by atoms with Gasteiger partial charge in [-0.05, 0) is 42.8 Å².